The number of rotatable bonds is 6. The van der Waals surface area contributed by atoms with Gasteiger partial charge in [-0.15, -0.1) is 10.2 Å². The molecule has 0 aliphatic rings. The fourth-order valence-corrected chi connectivity index (χ4v) is 1.32. The van der Waals surface area contributed by atoms with Gasteiger partial charge in [-0.2, -0.15) is 0 Å². The number of hydrogen-bond acceptors (Lipinski definition) is 4. The molecule has 0 saturated carbocycles. The first-order chi connectivity index (χ1) is 7.52. The lowest BCUT2D eigenvalue weighted by Gasteiger charge is -2.20. The molecule has 0 spiro atoms. The summed E-state index contributed by atoms with van der Waals surface area (Å²) in [6.45, 7) is 9.17. The molecule has 16 heavy (non-hydrogen) atoms. The molecule has 0 saturated heterocycles. The van der Waals surface area contributed by atoms with Crippen LogP contribution in [0.2, 0.25) is 0 Å². The Balaban J connectivity index is 2.24. The van der Waals surface area contributed by atoms with Crippen LogP contribution < -0.4 is 5.32 Å². The Morgan fingerprint density at radius 3 is 2.56 bits per heavy atom. The molecular formula is C11H23N5. The molecule has 0 fully saturated rings. The minimum Gasteiger partial charge on any atom is -0.317 e. The summed E-state index contributed by atoms with van der Waals surface area (Å²) in [6, 6.07) is 0.596. The van der Waals surface area contributed by atoms with Crippen molar-refractivity contribution in [2.75, 3.05) is 20.1 Å². The van der Waals surface area contributed by atoms with E-state index in [4.69, 9.17) is 0 Å². The predicted molar refractivity (Wildman–Crippen MR) is 65.2 cm³/mol. The predicted octanol–water partition coefficient (Wildman–Crippen LogP) is 0.553. The summed E-state index contributed by atoms with van der Waals surface area (Å²) in [5.74, 6) is 1.95. The van der Waals surface area contributed by atoms with E-state index >= 15 is 0 Å². The second-order valence-electron chi connectivity index (χ2n) is 4.47. The summed E-state index contributed by atoms with van der Waals surface area (Å²) in [4.78, 5) is 2.31. The Labute approximate surface area is 97.9 Å². The number of likely N-dealkylation sites (N-methyl/N-ethyl adjacent to an activating group) is 1. The molecular weight excluding hydrogens is 202 g/mol. The van der Waals surface area contributed by atoms with Gasteiger partial charge in [0.1, 0.15) is 11.6 Å². The number of nitrogens with one attached hydrogen (secondary N) is 1. The molecule has 0 atom stereocenters. The number of nitrogens with zero attached hydrogens (tertiary/aromatic N) is 4. The lowest BCUT2D eigenvalue weighted by molar-refractivity contribution is 0.273. The van der Waals surface area contributed by atoms with Crippen molar-refractivity contribution in [1.82, 2.24) is 25.0 Å². The van der Waals surface area contributed by atoms with E-state index in [0.717, 1.165) is 31.3 Å². The fraction of sp³-hybridized carbons (Fsp3) is 0.818. The monoisotopic (exact) mass is 225 g/mol. The van der Waals surface area contributed by atoms with Gasteiger partial charge in [0.05, 0.1) is 6.54 Å². The van der Waals surface area contributed by atoms with Gasteiger partial charge >= 0.3 is 0 Å². The first kappa shape index (κ1) is 13.1. The van der Waals surface area contributed by atoms with E-state index in [0.29, 0.717) is 6.04 Å². The van der Waals surface area contributed by atoms with Gasteiger partial charge < -0.3 is 14.8 Å². The van der Waals surface area contributed by atoms with Crippen LogP contribution in [0.15, 0.2) is 0 Å². The highest BCUT2D eigenvalue weighted by Crippen LogP contribution is 1.96. The summed E-state index contributed by atoms with van der Waals surface area (Å²) in [5, 5.41) is 11.5. The summed E-state index contributed by atoms with van der Waals surface area (Å²) < 4.78 is 2.01. The minimum absolute atomic E-state index is 0.596. The lowest BCUT2D eigenvalue weighted by atomic mass is 10.3. The maximum Gasteiger partial charge on any atom is 0.146 e. The van der Waals surface area contributed by atoms with Crippen molar-refractivity contribution in [1.29, 1.82) is 0 Å². The molecule has 0 unspecified atom stereocenters. The second-order valence-corrected chi connectivity index (χ2v) is 4.47. The molecule has 0 aromatic carbocycles. The summed E-state index contributed by atoms with van der Waals surface area (Å²) in [5.41, 5.74) is 0. The third-order valence-electron chi connectivity index (χ3n) is 2.99. The Bertz CT molecular complexity index is 318. The Morgan fingerprint density at radius 2 is 2.06 bits per heavy atom. The molecule has 1 aromatic rings. The van der Waals surface area contributed by atoms with Gasteiger partial charge in [-0.25, -0.2) is 0 Å². The molecule has 1 N–H and O–H groups in total. The molecule has 0 radical (unpaired) electrons. The number of aromatic nitrogens is 3. The summed E-state index contributed by atoms with van der Waals surface area (Å²) in [6.07, 6.45) is 0. The molecule has 1 rings (SSSR count). The Morgan fingerprint density at radius 1 is 1.38 bits per heavy atom. The first-order valence-corrected chi connectivity index (χ1v) is 5.78. The second kappa shape index (κ2) is 5.96. The maximum atomic E-state index is 4.10. The zero-order valence-electron chi connectivity index (χ0n) is 11.0. The van der Waals surface area contributed by atoms with E-state index in [1.807, 2.05) is 18.5 Å². The van der Waals surface area contributed by atoms with Crippen molar-refractivity contribution < 1.29 is 0 Å². The van der Waals surface area contributed by atoms with E-state index in [9.17, 15) is 0 Å². The van der Waals surface area contributed by atoms with Crippen LogP contribution in [-0.2, 0) is 13.6 Å². The van der Waals surface area contributed by atoms with Crippen LogP contribution in [0.4, 0.5) is 0 Å². The maximum absolute atomic E-state index is 4.10. The van der Waals surface area contributed by atoms with Crippen molar-refractivity contribution in [2.24, 2.45) is 7.05 Å². The third kappa shape index (κ3) is 3.57. The highest BCUT2D eigenvalue weighted by molar-refractivity contribution is 4.91. The summed E-state index contributed by atoms with van der Waals surface area (Å²) in [7, 11) is 4.13. The SMILES string of the molecule is Cc1nnc(CNCCN(C)C(C)C)n1C. The van der Waals surface area contributed by atoms with Gasteiger partial charge in [0, 0.05) is 26.2 Å². The highest BCUT2D eigenvalue weighted by atomic mass is 15.3. The molecule has 0 amide bonds. The average molecular weight is 225 g/mol. The van der Waals surface area contributed by atoms with Gasteiger partial charge in [0.2, 0.25) is 0 Å². The van der Waals surface area contributed by atoms with E-state index in [1.54, 1.807) is 0 Å². The van der Waals surface area contributed by atoms with E-state index in [-0.39, 0.29) is 0 Å². The molecule has 0 aliphatic carbocycles. The molecule has 1 aromatic heterocycles. The summed E-state index contributed by atoms with van der Waals surface area (Å²) >= 11 is 0. The molecule has 0 bridgehead atoms. The van der Waals surface area contributed by atoms with Crippen molar-refractivity contribution in [3.8, 4) is 0 Å². The van der Waals surface area contributed by atoms with Crippen molar-refractivity contribution in [3.63, 3.8) is 0 Å². The normalized spacial score (nSPS) is 11.7. The van der Waals surface area contributed by atoms with Crippen LogP contribution in [0.5, 0.6) is 0 Å². The zero-order valence-corrected chi connectivity index (χ0v) is 11.0. The van der Waals surface area contributed by atoms with E-state index < -0.39 is 0 Å². The van der Waals surface area contributed by atoms with Gasteiger partial charge in [-0.05, 0) is 27.8 Å². The van der Waals surface area contributed by atoms with Crippen LogP contribution in [0, 0.1) is 6.92 Å². The molecule has 5 heteroatoms. The van der Waals surface area contributed by atoms with Crippen LogP contribution in [-0.4, -0.2) is 45.8 Å². The smallest absolute Gasteiger partial charge is 0.146 e. The van der Waals surface area contributed by atoms with Gasteiger partial charge in [0.25, 0.3) is 0 Å². The van der Waals surface area contributed by atoms with E-state index in [2.05, 4.69) is 41.3 Å². The highest BCUT2D eigenvalue weighted by Gasteiger charge is 2.05. The Kier molecular flexibility index (Phi) is 4.89. The molecule has 0 aliphatic heterocycles. The Hall–Kier alpha value is -0.940. The van der Waals surface area contributed by atoms with Crippen LogP contribution in [0.25, 0.3) is 0 Å². The molecule has 1 heterocycles. The molecule has 92 valence electrons. The van der Waals surface area contributed by atoms with Crippen LogP contribution in [0.3, 0.4) is 0 Å². The quantitative estimate of drug-likeness (QED) is 0.718. The minimum atomic E-state index is 0.596. The van der Waals surface area contributed by atoms with E-state index in [1.165, 1.54) is 0 Å². The average Bonchev–Trinajstić information content (AvgIpc) is 2.55. The third-order valence-corrected chi connectivity index (χ3v) is 2.99. The first-order valence-electron chi connectivity index (χ1n) is 5.78. The molecule has 5 nitrogen and oxygen atoms in total. The number of hydrogen-bond donors (Lipinski definition) is 1. The standard InChI is InChI=1S/C11H23N5/c1-9(2)15(4)7-6-12-8-11-14-13-10(3)16(11)5/h9,12H,6-8H2,1-5H3. The van der Waals surface area contributed by atoms with Crippen molar-refractivity contribution in [2.45, 2.75) is 33.4 Å². The van der Waals surface area contributed by atoms with Crippen molar-refractivity contribution >= 4 is 0 Å². The van der Waals surface area contributed by atoms with Gasteiger partial charge in [0.15, 0.2) is 0 Å². The lowest BCUT2D eigenvalue weighted by Crippen LogP contribution is -2.33. The number of aryl methyl sites for hydroxylation is 1. The topological polar surface area (TPSA) is 46.0 Å². The van der Waals surface area contributed by atoms with Crippen LogP contribution in [0.1, 0.15) is 25.5 Å². The zero-order chi connectivity index (χ0) is 12.1. The van der Waals surface area contributed by atoms with Gasteiger partial charge in [-0.3, -0.25) is 0 Å². The fourth-order valence-electron chi connectivity index (χ4n) is 1.32. The van der Waals surface area contributed by atoms with Gasteiger partial charge in [-0.1, -0.05) is 0 Å². The van der Waals surface area contributed by atoms with Crippen molar-refractivity contribution in [3.05, 3.63) is 11.6 Å². The largest absolute Gasteiger partial charge is 0.317 e. The van der Waals surface area contributed by atoms with Crippen LogP contribution >= 0.6 is 0 Å².